The molecule has 2 saturated carbocycles. The van der Waals surface area contributed by atoms with Gasteiger partial charge < -0.3 is 28.1 Å². The van der Waals surface area contributed by atoms with E-state index in [-0.39, 0.29) is 40.6 Å². The van der Waals surface area contributed by atoms with Crippen molar-refractivity contribution >= 4 is 34.8 Å². The summed E-state index contributed by atoms with van der Waals surface area (Å²) in [6, 6.07) is 4.60. The van der Waals surface area contributed by atoms with Crippen LogP contribution in [0.1, 0.15) is 105 Å². The summed E-state index contributed by atoms with van der Waals surface area (Å²) in [5, 5.41) is 0.227. The number of hydrogen-bond acceptors (Lipinski definition) is 11. The van der Waals surface area contributed by atoms with E-state index >= 15 is 0 Å². The molecule has 4 fully saturated rings. The third kappa shape index (κ3) is 3.55. The predicted octanol–water partition coefficient (Wildman–Crippen LogP) is 5.27. The van der Waals surface area contributed by atoms with Crippen LogP contribution in [-0.2, 0) is 44.5 Å². The van der Waals surface area contributed by atoms with Gasteiger partial charge in [-0.05, 0) is 65.5 Å². The molecule has 6 atom stereocenters. The van der Waals surface area contributed by atoms with Gasteiger partial charge in [0.15, 0.2) is 17.6 Å². The third-order valence-electron chi connectivity index (χ3n) is 13.2. The molecule has 7 rings (SSSR count). The summed E-state index contributed by atoms with van der Waals surface area (Å²) in [6.45, 7) is 16.1. The fourth-order valence-electron chi connectivity index (χ4n) is 8.81. The monoisotopic (exact) mass is 650 g/mol. The lowest BCUT2D eigenvalue weighted by Crippen LogP contribution is -2.57. The van der Waals surface area contributed by atoms with Crippen molar-refractivity contribution in [2.75, 3.05) is 0 Å². The van der Waals surface area contributed by atoms with E-state index in [1.54, 1.807) is 39.8 Å². The van der Waals surface area contributed by atoms with Gasteiger partial charge in [-0.1, -0.05) is 34.6 Å². The first-order valence-corrected chi connectivity index (χ1v) is 16.4. The van der Waals surface area contributed by atoms with Crippen molar-refractivity contribution in [1.82, 2.24) is 0 Å². The number of ether oxygens (including phenoxy) is 5. The average molecular weight is 651 g/mol. The number of carbonyl (C=O) groups is 4. The topological polar surface area (TPSA) is 145 Å². The van der Waals surface area contributed by atoms with Crippen LogP contribution in [0, 0.1) is 21.7 Å². The van der Waals surface area contributed by atoms with E-state index in [4.69, 9.17) is 28.1 Å². The van der Waals surface area contributed by atoms with Gasteiger partial charge in [0.25, 0.3) is 0 Å². The molecule has 1 aromatic carbocycles. The first-order chi connectivity index (χ1) is 21.7. The minimum Gasteiger partial charge on any atom is -0.483 e. The second kappa shape index (κ2) is 9.17. The van der Waals surface area contributed by atoms with Gasteiger partial charge in [0.05, 0.1) is 21.8 Å². The van der Waals surface area contributed by atoms with Crippen LogP contribution >= 0.6 is 0 Å². The lowest BCUT2D eigenvalue weighted by molar-refractivity contribution is -0.217. The van der Waals surface area contributed by atoms with Crippen LogP contribution in [0.5, 0.6) is 5.75 Å². The Kier molecular flexibility index (Phi) is 6.18. The molecule has 5 aliphatic rings. The van der Waals surface area contributed by atoms with Crippen molar-refractivity contribution in [3.63, 3.8) is 0 Å². The number of carbonyl (C=O) groups excluding carboxylic acids is 4. The number of hydrogen-bond donors (Lipinski definition) is 0. The second-order valence-electron chi connectivity index (χ2n) is 16.0. The SMILES string of the molecule is CCc1cc(=O)c2ccc3c(c2o1)[C@@H](OC(=O)[C@@]12CC[C@](C)(C(=O)O1)C2(C)C)[C@@H](OC(=O)[C@@]12CC[C@](C)(C(=O)O1)C2(C)C)C(C)(C)O3. The summed E-state index contributed by atoms with van der Waals surface area (Å²) in [7, 11) is 0. The van der Waals surface area contributed by atoms with Crippen molar-refractivity contribution in [2.24, 2.45) is 21.7 Å². The van der Waals surface area contributed by atoms with Gasteiger partial charge in [-0.15, -0.1) is 0 Å². The molecular formula is C36H42O11. The number of esters is 4. The second-order valence-corrected chi connectivity index (χ2v) is 16.0. The van der Waals surface area contributed by atoms with E-state index in [1.807, 2.05) is 34.6 Å². The van der Waals surface area contributed by atoms with Crippen molar-refractivity contribution in [1.29, 1.82) is 0 Å². The van der Waals surface area contributed by atoms with Gasteiger partial charge in [0.1, 0.15) is 22.7 Å². The van der Waals surface area contributed by atoms with E-state index in [0.29, 0.717) is 25.0 Å². The summed E-state index contributed by atoms with van der Waals surface area (Å²) in [6.07, 6.45) is -0.851. The Balaban J connectivity index is 1.38. The highest BCUT2D eigenvalue weighted by molar-refractivity contribution is 5.95. The molecule has 11 nitrogen and oxygen atoms in total. The fraction of sp³-hybridized carbons (Fsp3) is 0.639. The van der Waals surface area contributed by atoms with Gasteiger partial charge in [0, 0.05) is 23.3 Å². The fourth-order valence-corrected chi connectivity index (χ4v) is 8.81. The van der Waals surface area contributed by atoms with Crippen LogP contribution in [0.4, 0.5) is 0 Å². The molecule has 2 aromatic rings. The van der Waals surface area contributed by atoms with Gasteiger partial charge in [-0.25, -0.2) is 9.59 Å². The minimum absolute atomic E-state index is 0.136. The molecule has 2 saturated heterocycles. The number of fused-ring (bicyclic) bond motifs is 7. The normalized spacial score (nSPS) is 36.8. The number of aryl methyl sites for hydroxylation is 1. The van der Waals surface area contributed by atoms with Crippen LogP contribution < -0.4 is 10.2 Å². The van der Waals surface area contributed by atoms with Gasteiger partial charge in [-0.2, -0.15) is 0 Å². The Bertz CT molecular complexity index is 1850. The lowest BCUT2D eigenvalue weighted by atomic mass is 9.66. The molecule has 2 aliphatic carbocycles. The highest BCUT2D eigenvalue weighted by atomic mass is 16.7. The first kappa shape index (κ1) is 31.7. The van der Waals surface area contributed by atoms with E-state index in [9.17, 15) is 24.0 Å². The summed E-state index contributed by atoms with van der Waals surface area (Å²) >= 11 is 0. The number of benzene rings is 1. The maximum absolute atomic E-state index is 14.5. The van der Waals surface area contributed by atoms with Crippen LogP contribution in [0.3, 0.4) is 0 Å². The van der Waals surface area contributed by atoms with Gasteiger partial charge >= 0.3 is 23.9 Å². The molecule has 4 heterocycles. The Morgan fingerprint density at radius 3 is 1.77 bits per heavy atom. The van der Waals surface area contributed by atoms with E-state index in [2.05, 4.69) is 0 Å². The zero-order chi connectivity index (χ0) is 34.3. The first-order valence-electron chi connectivity index (χ1n) is 16.4. The summed E-state index contributed by atoms with van der Waals surface area (Å²) in [5.41, 5.74) is -7.99. The molecule has 252 valence electrons. The highest BCUT2D eigenvalue weighted by Crippen LogP contribution is 2.67. The van der Waals surface area contributed by atoms with E-state index in [0.717, 1.165) is 0 Å². The minimum atomic E-state index is -1.59. The standard InChI is InChI=1S/C36H42O11/c1-10-18-17-20(37)19-11-12-21-22(23(19)42-18)24(43-28(40)35-15-13-33(8,26(38)46-35)31(35,4)5)25(30(2,3)45-21)44-29(41)36-16-14-34(9,27(39)47-36)32(36,6)7/h11-12,17,24-25H,10,13-16H2,1-9H3/t24-,25-,33-,34-,35-,36-/m1/s1. The summed E-state index contributed by atoms with van der Waals surface area (Å²) in [5.74, 6) is -1.83. The molecule has 0 radical (unpaired) electrons. The molecular weight excluding hydrogens is 608 g/mol. The molecule has 3 aliphatic heterocycles. The zero-order valence-corrected chi connectivity index (χ0v) is 28.4. The maximum Gasteiger partial charge on any atom is 0.351 e. The molecule has 0 spiro atoms. The number of rotatable bonds is 5. The lowest BCUT2D eigenvalue weighted by Gasteiger charge is -2.45. The van der Waals surface area contributed by atoms with Crippen molar-refractivity contribution in [3.05, 3.63) is 39.7 Å². The van der Waals surface area contributed by atoms with E-state index in [1.165, 1.54) is 6.07 Å². The van der Waals surface area contributed by atoms with Gasteiger partial charge in [-0.3, -0.25) is 14.4 Å². The Morgan fingerprint density at radius 2 is 1.30 bits per heavy atom. The van der Waals surface area contributed by atoms with Crippen LogP contribution in [0.15, 0.2) is 27.4 Å². The Hall–Kier alpha value is -3.89. The molecule has 47 heavy (non-hydrogen) atoms. The molecule has 11 heteroatoms. The predicted molar refractivity (Wildman–Crippen MR) is 165 cm³/mol. The maximum atomic E-state index is 14.5. The third-order valence-corrected chi connectivity index (χ3v) is 13.2. The smallest absolute Gasteiger partial charge is 0.351 e. The van der Waals surface area contributed by atoms with Crippen LogP contribution in [0.2, 0.25) is 0 Å². The molecule has 0 unspecified atom stereocenters. The van der Waals surface area contributed by atoms with Crippen LogP contribution in [-0.4, -0.2) is 46.8 Å². The molecule has 0 N–H and O–H groups in total. The quantitative estimate of drug-likeness (QED) is 0.308. The Labute approximate surface area is 272 Å². The van der Waals surface area contributed by atoms with Crippen molar-refractivity contribution in [3.8, 4) is 5.75 Å². The van der Waals surface area contributed by atoms with E-state index < -0.39 is 74.5 Å². The van der Waals surface area contributed by atoms with Gasteiger partial charge in [0.2, 0.25) is 11.2 Å². The van der Waals surface area contributed by atoms with Crippen molar-refractivity contribution in [2.45, 2.75) is 123 Å². The average Bonchev–Trinajstić information content (AvgIpc) is 3.46. The van der Waals surface area contributed by atoms with Crippen molar-refractivity contribution < 1.29 is 47.3 Å². The summed E-state index contributed by atoms with van der Waals surface area (Å²) in [4.78, 5) is 68.2. The molecule has 4 bridgehead atoms. The molecule has 1 aromatic heterocycles. The van der Waals surface area contributed by atoms with Crippen LogP contribution in [0.25, 0.3) is 11.0 Å². The zero-order valence-electron chi connectivity index (χ0n) is 28.4. The largest absolute Gasteiger partial charge is 0.483 e. The molecule has 0 amide bonds. The Morgan fingerprint density at radius 1 is 0.766 bits per heavy atom. The summed E-state index contributed by atoms with van der Waals surface area (Å²) < 4.78 is 37.1. The highest BCUT2D eigenvalue weighted by Gasteiger charge is 2.78.